The van der Waals surface area contributed by atoms with E-state index in [2.05, 4.69) is 0 Å². The first-order chi connectivity index (χ1) is 5.00. The Morgan fingerprint density at radius 2 is 0.833 bits per heavy atom. The molecule has 8 heteroatoms. The highest BCUT2D eigenvalue weighted by Gasteiger charge is 3.00. The van der Waals surface area contributed by atoms with Crippen LogP contribution in [0.4, 0.5) is 30.7 Å². The third kappa shape index (κ3) is 0.540. The summed E-state index contributed by atoms with van der Waals surface area (Å²) in [6, 6.07) is 0. The molecule has 0 aliphatic heterocycles. The van der Waals surface area contributed by atoms with Gasteiger partial charge in [-0.1, -0.05) is 0 Å². The van der Waals surface area contributed by atoms with Crippen molar-refractivity contribution in [3.8, 4) is 0 Å². The molecule has 0 aromatic carbocycles. The fourth-order valence-corrected chi connectivity index (χ4v) is 0.748. The van der Waals surface area contributed by atoms with Crippen molar-refractivity contribution >= 4 is 0 Å². The molecule has 0 unspecified atom stereocenters. The van der Waals surface area contributed by atoms with Gasteiger partial charge in [0.1, 0.15) is 0 Å². The van der Waals surface area contributed by atoms with Gasteiger partial charge < -0.3 is 5.11 Å². The van der Waals surface area contributed by atoms with Crippen LogP contribution < -0.4 is 0 Å². The van der Waals surface area contributed by atoms with Crippen LogP contribution in [0.15, 0.2) is 0 Å². The molecule has 12 heavy (non-hydrogen) atoms. The van der Waals surface area contributed by atoms with E-state index in [0.717, 1.165) is 0 Å². The molecule has 0 saturated heterocycles. The summed E-state index contributed by atoms with van der Waals surface area (Å²) >= 11 is 0. The van der Waals surface area contributed by atoms with Crippen LogP contribution in [0.1, 0.15) is 0 Å². The SMILES string of the molecule is OC1(F)C(F)(F)C(F)(F)C1(F)F. The Balaban J connectivity index is 3.16. The van der Waals surface area contributed by atoms with Gasteiger partial charge in [-0.2, -0.15) is 30.7 Å². The maximum Gasteiger partial charge on any atom is 0.384 e. The molecule has 1 fully saturated rings. The molecule has 72 valence electrons. The monoisotopic (exact) mass is 198 g/mol. The smallest absolute Gasteiger partial charge is 0.352 e. The zero-order valence-corrected chi connectivity index (χ0v) is 5.09. The van der Waals surface area contributed by atoms with E-state index in [0.29, 0.717) is 0 Å². The molecule has 1 nitrogen and oxygen atoms in total. The van der Waals surface area contributed by atoms with Crippen molar-refractivity contribution in [3.05, 3.63) is 0 Å². The van der Waals surface area contributed by atoms with Crippen LogP contribution in [0.5, 0.6) is 0 Å². The molecule has 0 aromatic heterocycles. The lowest BCUT2D eigenvalue weighted by Gasteiger charge is -2.50. The summed E-state index contributed by atoms with van der Waals surface area (Å²) in [5.41, 5.74) is 0. The Morgan fingerprint density at radius 3 is 0.917 bits per heavy atom. The molecule has 1 N–H and O–H groups in total. The minimum absolute atomic E-state index is 5.47. The van der Waals surface area contributed by atoms with E-state index < -0.39 is 23.6 Å². The van der Waals surface area contributed by atoms with E-state index in [1.54, 1.807) is 0 Å². The Hall–Kier alpha value is -0.530. The second-order valence-corrected chi connectivity index (χ2v) is 2.35. The molecule has 0 atom stereocenters. The molecule has 0 amide bonds. The van der Waals surface area contributed by atoms with Gasteiger partial charge in [0.15, 0.2) is 0 Å². The van der Waals surface area contributed by atoms with E-state index in [9.17, 15) is 30.7 Å². The first-order valence-corrected chi connectivity index (χ1v) is 2.55. The van der Waals surface area contributed by atoms with Gasteiger partial charge in [0.25, 0.3) is 0 Å². The highest BCUT2D eigenvalue weighted by atomic mass is 19.4. The Morgan fingerprint density at radius 1 is 0.583 bits per heavy atom. The van der Waals surface area contributed by atoms with Gasteiger partial charge in [-0.25, -0.2) is 0 Å². The van der Waals surface area contributed by atoms with E-state index in [1.807, 2.05) is 0 Å². The van der Waals surface area contributed by atoms with Crippen LogP contribution in [0.3, 0.4) is 0 Å². The second-order valence-electron chi connectivity index (χ2n) is 2.35. The number of rotatable bonds is 0. The van der Waals surface area contributed by atoms with Crippen LogP contribution in [0.25, 0.3) is 0 Å². The second kappa shape index (κ2) is 1.70. The van der Waals surface area contributed by atoms with Gasteiger partial charge in [0.2, 0.25) is 0 Å². The van der Waals surface area contributed by atoms with Crippen molar-refractivity contribution in [2.24, 2.45) is 0 Å². The van der Waals surface area contributed by atoms with Crippen molar-refractivity contribution in [3.63, 3.8) is 0 Å². The maximum absolute atomic E-state index is 11.8. The summed E-state index contributed by atoms with van der Waals surface area (Å²) in [5, 5.41) is 7.66. The topological polar surface area (TPSA) is 20.2 Å². The number of halogens is 7. The van der Waals surface area contributed by atoms with Crippen molar-refractivity contribution in [2.75, 3.05) is 0 Å². The Bertz CT molecular complexity index is 155. The number of alkyl halides is 7. The first-order valence-electron chi connectivity index (χ1n) is 2.55. The average Bonchev–Trinajstić information content (AvgIpc) is 1.84. The predicted molar refractivity (Wildman–Crippen MR) is 20.9 cm³/mol. The van der Waals surface area contributed by atoms with Crippen LogP contribution in [-0.2, 0) is 0 Å². The molecular weight excluding hydrogens is 197 g/mol. The lowest BCUT2D eigenvalue weighted by Crippen LogP contribution is -2.84. The molecule has 1 aliphatic carbocycles. The molecule has 0 spiro atoms. The average molecular weight is 198 g/mol. The fourth-order valence-electron chi connectivity index (χ4n) is 0.748. The third-order valence-electron chi connectivity index (χ3n) is 1.62. The summed E-state index contributed by atoms with van der Waals surface area (Å²) in [6.07, 6.45) is 0. The lowest BCUT2D eigenvalue weighted by atomic mass is 9.78. The van der Waals surface area contributed by atoms with Crippen molar-refractivity contribution in [1.82, 2.24) is 0 Å². The molecule has 1 rings (SSSR count). The quantitative estimate of drug-likeness (QED) is 0.585. The molecule has 1 saturated carbocycles. The summed E-state index contributed by atoms with van der Waals surface area (Å²) < 4.78 is 82.1. The van der Waals surface area contributed by atoms with E-state index in [-0.39, 0.29) is 0 Å². The highest BCUT2D eigenvalue weighted by molar-refractivity contribution is 5.22. The predicted octanol–water partition coefficient (Wildman–Crippen LogP) is 1.56. The van der Waals surface area contributed by atoms with E-state index >= 15 is 0 Å². The van der Waals surface area contributed by atoms with Crippen molar-refractivity contribution < 1.29 is 35.8 Å². The van der Waals surface area contributed by atoms with Crippen LogP contribution >= 0.6 is 0 Å². The summed E-state index contributed by atoms with van der Waals surface area (Å²) in [6.45, 7) is 0. The van der Waals surface area contributed by atoms with Gasteiger partial charge in [-0.3, -0.25) is 0 Å². The van der Waals surface area contributed by atoms with Crippen molar-refractivity contribution in [1.29, 1.82) is 0 Å². The summed E-state index contributed by atoms with van der Waals surface area (Å²) in [4.78, 5) is 0. The molecule has 0 bridgehead atoms. The summed E-state index contributed by atoms with van der Waals surface area (Å²) in [7, 11) is 0. The van der Waals surface area contributed by atoms with E-state index in [1.165, 1.54) is 0 Å². The molecular formula is C4HF7O. The Kier molecular flexibility index (Phi) is 1.36. The molecule has 0 heterocycles. The maximum atomic E-state index is 11.8. The minimum Gasteiger partial charge on any atom is -0.352 e. The minimum atomic E-state index is -5.84. The zero-order valence-electron chi connectivity index (χ0n) is 5.09. The first kappa shape index (κ1) is 9.56. The molecule has 1 aliphatic rings. The van der Waals surface area contributed by atoms with Gasteiger partial charge in [0.05, 0.1) is 0 Å². The van der Waals surface area contributed by atoms with Crippen LogP contribution in [0, 0.1) is 0 Å². The standard InChI is InChI=1S/C4HF7O/c5-1(6)2(7,8)4(11,12)3(1,9)10/h12H. The van der Waals surface area contributed by atoms with Gasteiger partial charge in [-0.05, 0) is 0 Å². The molecule has 0 aromatic rings. The van der Waals surface area contributed by atoms with Gasteiger partial charge >= 0.3 is 23.6 Å². The van der Waals surface area contributed by atoms with E-state index in [4.69, 9.17) is 5.11 Å². The summed E-state index contributed by atoms with van der Waals surface area (Å²) in [5.74, 6) is -22.8. The fraction of sp³-hybridized carbons (Fsp3) is 1.00. The largest absolute Gasteiger partial charge is 0.384 e. The lowest BCUT2D eigenvalue weighted by molar-refractivity contribution is -0.525. The number of aliphatic hydroxyl groups is 1. The zero-order chi connectivity index (χ0) is 10.0. The normalized spacial score (nSPS) is 34.0. The third-order valence-corrected chi connectivity index (χ3v) is 1.62. The highest BCUT2D eigenvalue weighted by Crippen LogP contribution is 2.67. The number of hydrogen-bond donors (Lipinski definition) is 1. The molecule has 0 radical (unpaired) electrons. The Labute approximate surface area is 60.8 Å². The van der Waals surface area contributed by atoms with Gasteiger partial charge in [-0.15, -0.1) is 0 Å². The van der Waals surface area contributed by atoms with Crippen LogP contribution in [0.2, 0.25) is 0 Å². The van der Waals surface area contributed by atoms with Gasteiger partial charge in [0, 0.05) is 0 Å². The van der Waals surface area contributed by atoms with Crippen molar-refractivity contribution in [2.45, 2.75) is 23.6 Å². The van der Waals surface area contributed by atoms with Crippen LogP contribution in [-0.4, -0.2) is 28.7 Å². The number of hydrogen-bond acceptors (Lipinski definition) is 1.